The number of nitrogens with one attached hydrogen (secondary N) is 1. The van der Waals surface area contributed by atoms with Gasteiger partial charge in [0.2, 0.25) is 0 Å². The molecule has 1 saturated heterocycles. The summed E-state index contributed by atoms with van der Waals surface area (Å²) in [6, 6.07) is 5.12. The Morgan fingerprint density at radius 2 is 2.16 bits per heavy atom. The standard InChI is InChI=1S/C15H25NS3/c1-3-14-15(19-11-10-18-14)13(16-4-2)8-7-12-6-5-9-17-12/h5-6,9,13-16H,3-4,7-8,10-11H2,1-2H3. The average Bonchev–Trinajstić information content (AvgIpc) is 2.96. The van der Waals surface area contributed by atoms with Crippen molar-refractivity contribution in [3.05, 3.63) is 22.4 Å². The predicted octanol–water partition coefficient (Wildman–Crippen LogP) is 4.29. The van der Waals surface area contributed by atoms with E-state index in [1.807, 2.05) is 11.3 Å². The highest BCUT2D eigenvalue weighted by Crippen LogP contribution is 2.36. The first-order valence-corrected chi connectivity index (χ1v) is 10.3. The van der Waals surface area contributed by atoms with E-state index in [1.54, 1.807) is 0 Å². The maximum Gasteiger partial charge on any atom is 0.0320 e. The van der Waals surface area contributed by atoms with Crippen molar-refractivity contribution in [3.63, 3.8) is 0 Å². The molecule has 0 aromatic carbocycles. The zero-order valence-corrected chi connectivity index (χ0v) is 14.4. The molecule has 0 aliphatic carbocycles. The molecule has 1 aromatic rings. The average molecular weight is 316 g/mol. The summed E-state index contributed by atoms with van der Waals surface area (Å²) < 4.78 is 0. The van der Waals surface area contributed by atoms with Crippen LogP contribution in [0.2, 0.25) is 0 Å². The largest absolute Gasteiger partial charge is 0.313 e. The molecular formula is C15H25NS3. The Hall–Kier alpha value is 0.360. The molecule has 1 nitrogen and oxygen atoms in total. The normalized spacial score (nSPS) is 25.4. The first kappa shape index (κ1) is 15.7. The van der Waals surface area contributed by atoms with Crippen molar-refractivity contribution in [1.29, 1.82) is 0 Å². The van der Waals surface area contributed by atoms with Gasteiger partial charge in [0.15, 0.2) is 0 Å². The van der Waals surface area contributed by atoms with Crippen LogP contribution >= 0.6 is 34.9 Å². The number of hydrogen-bond acceptors (Lipinski definition) is 4. The molecule has 1 aliphatic rings. The van der Waals surface area contributed by atoms with Crippen LogP contribution in [0.15, 0.2) is 17.5 Å². The van der Waals surface area contributed by atoms with Crippen LogP contribution in [0, 0.1) is 0 Å². The lowest BCUT2D eigenvalue weighted by atomic mass is 10.0. The fraction of sp³-hybridized carbons (Fsp3) is 0.733. The third kappa shape index (κ3) is 4.69. The summed E-state index contributed by atoms with van der Waals surface area (Å²) in [5, 5.41) is 7.58. The molecule has 3 atom stereocenters. The fourth-order valence-electron chi connectivity index (χ4n) is 2.71. The second kappa shape index (κ2) is 8.60. The summed E-state index contributed by atoms with van der Waals surface area (Å²) in [5.41, 5.74) is 0. The lowest BCUT2D eigenvalue weighted by Crippen LogP contribution is -2.45. The Morgan fingerprint density at radius 1 is 1.32 bits per heavy atom. The van der Waals surface area contributed by atoms with Gasteiger partial charge in [-0.3, -0.25) is 0 Å². The molecule has 4 heteroatoms. The molecule has 3 unspecified atom stereocenters. The van der Waals surface area contributed by atoms with Crippen LogP contribution in [0.5, 0.6) is 0 Å². The molecule has 0 spiro atoms. The van der Waals surface area contributed by atoms with Gasteiger partial charge in [0.1, 0.15) is 0 Å². The zero-order chi connectivity index (χ0) is 13.5. The molecule has 2 rings (SSSR count). The molecule has 0 radical (unpaired) electrons. The molecule has 19 heavy (non-hydrogen) atoms. The molecule has 1 fully saturated rings. The van der Waals surface area contributed by atoms with Gasteiger partial charge < -0.3 is 5.32 Å². The lowest BCUT2D eigenvalue weighted by molar-refractivity contribution is 0.466. The molecule has 1 aliphatic heterocycles. The van der Waals surface area contributed by atoms with E-state index in [4.69, 9.17) is 0 Å². The third-order valence-electron chi connectivity index (χ3n) is 3.64. The van der Waals surface area contributed by atoms with Crippen molar-refractivity contribution in [3.8, 4) is 0 Å². The number of rotatable bonds is 7. The topological polar surface area (TPSA) is 12.0 Å². The van der Waals surface area contributed by atoms with Gasteiger partial charge in [-0.05, 0) is 37.3 Å². The monoisotopic (exact) mass is 315 g/mol. The van der Waals surface area contributed by atoms with Gasteiger partial charge in [-0.15, -0.1) is 11.3 Å². The summed E-state index contributed by atoms with van der Waals surface area (Å²) in [6.45, 7) is 5.67. The van der Waals surface area contributed by atoms with Crippen LogP contribution in [-0.2, 0) is 6.42 Å². The maximum absolute atomic E-state index is 3.75. The minimum absolute atomic E-state index is 0.676. The quantitative estimate of drug-likeness (QED) is 0.806. The zero-order valence-electron chi connectivity index (χ0n) is 11.9. The van der Waals surface area contributed by atoms with Crippen LogP contribution in [0.4, 0.5) is 0 Å². The Balaban J connectivity index is 1.93. The number of thiophene rings is 1. The second-order valence-corrected chi connectivity index (χ2v) is 8.60. The van der Waals surface area contributed by atoms with Crippen molar-refractivity contribution >= 4 is 34.9 Å². The minimum Gasteiger partial charge on any atom is -0.313 e. The highest BCUT2D eigenvalue weighted by molar-refractivity contribution is 8.07. The lowest BCUT2D eigenvalue weighted by Gasteiger charge is -2.36. The summed E-state index contributed by atoms with van der Waals surface area (Å²) in [7, 11) is 0. The second-order valence-electron chi connectivity index (χ2n) is 4.94. The van der Waals surface area contributed by atoms with Gasteiger partial charge in [-0.1, -0.05) is 19.9 Å². The number of aryl methyl sites for hydroxylation is 1. The van der Waals surface area contributed by atoms with Gasteiger partial charge in [0.05, 0.1) is 0 Å². The van der Waals surface area contributed by atoms with Crippen molar-refractivity contribution in [1.82, 2.24) is 5.32 Å². The van der Waals surface area contributed by atoms with Crippen molar-refractivity contribution < 1.29 is 0 Å². The molecule has 1 aromatic heterocycles. The smallest absolute Gasteiger partial charge is 0.0320 e. The van der Waals surface area contributed by atoms with E-state index in [0.717, 1.165) is 17.0 Å². The highest BCUT2D eigenvalue weighted by atomic mass is 32.2. The van der Waals surface area contributed by atoms with Crippen molar-refractivity contribution in [2.24, 2.45) is 0 Å². The summed E-state index contributed by atoms with van der Waals surface area (Å²) in [5.74, 6) is 2.66. The van der Waals surface area contributed by atoms with Gasteiger partial charge in [-0.2, -0.15) is 23.5 Å². The molecule has 2 heterocycles. The van der Waals surface area contributed by atoms with E-state index in [1.165, 1.54) is 35.6 Å². The molecule has 0 saturated carbocycles. The first-order valence-electron chi connectivity index (χ1n) is 7.34. The summed E-state index contributed by atoms with van der Waals surface area (Å²) in [4.78, 5) is 1.53. The predicted molar refractivity (Wildman–Crippen MR) is 92.9 cm³/mol. The highest BCUT2D eigenvalue weighted by Gasteiger charge is 2.31. The van der Waals surface area contributed by atoms with Crippen LogP contribution in [0.3, 0.4) is 0 Å². The van der Waals surface area contributed by atoms with Gasteiger partial charge >= 0.3 is 0 Å². The van der Waals surface area contributed by atoms with Gasteiger partial charge in [0, 0.05) is 32.9 Å². The Labute approximate surface area is 130 Å². The van der Waals surface area contributed by atoms with Crippen LogP contribution in [0.1, 0.15) is 31.6 Å². The van der Waals surface area contributed by atoms with E-state index in [2.05, 4.69) is 60.2 Å². The van der Waals surface area contributed by atoms with E-state index >= 15 is 0 Å². The summed E-state index contributed by atoms with van der Waals surface area (Å²) >= 11 is 6.29. The molecule has 1 N–H and O–H groups in total. The SMILES string of the molecule is CCNC(CCc1cccs1)C1SCCSC1CC. The Kier molecular flexibility index (Phi) is 7.13. The summed E-state index contributed by atoms with van der Waals surface area (Å²) in [6.07, 6.45) is 3.82. The molecule has 0 amide bonds. The van der Waals surface area contributed by atoms with Gasteiger partial charge in [-0.25, -0.2) is 0 Å². The Bertz CT molecular complexity index is 339. The van der Waals surface area contributed by atoms with Crippen LogP contribution in [0.25, 0.3) is 0 Å². The molecular weight excluding hydrogens is 290 g/mol. The maximum atomic E-state index is 3.75. The van der Waals surface area contributed by atoms with Crippen molar-refractivity contribution in [2.45, 2.75) is 49.7 Å². The number of thioether (sulfide) groups is 2. The van der Waals surface area contributed by atoms with E-state index < -0.39 is 0 Å². The van der Waals surface area contributed by atoms with E-state index in [9.17, 15) is 0 Å². The molecule has 0 bridgehead atoms. The number of hydrogen-bond donors (Lipinski definition) is 1. The van der Waals surface area contributed by atoms with Crippen LogP contribution < -0.4 is 5.32 Å². The molecule has 108 valence electrons. The van der Waals surface area contributed by atoms with E-state index in [0.29, 0.717) is 6.04 Å². The first-order chi connectivity index (χ1) is 9.35. The van der Waals surface area contributed by atoms with Gasteiger partial charge in [0.25, 0.3) is 0 Å². The Morgan fingerprint density at radius 3 is 2.84 bits per heavy atom. The minimum atomic E-state index is 0.676. The van der Waals surface area contributed by atoms with Crippen molar-refractivity contribution in [2.75, 3.05) is 18.1 Å². The van der Waals surface area contributed by atoms with E-state index in [-0.39, 0.29) is 0 Å². The fourth-order valence-corrected chi connectivity index (χ4v) is 6.74. The third-order valence-corrected chi connectivity index (χ3v) is 7.98. The van der Waals surface area contributed by atoms with Crippen LogP contribution in [-0.4, -0.2) is 34.6 Å².